The Morgan fingerprint density at radius 3 is 2.86 bits per heavy atom. The van der Waals surface area contributed by atoms with Gasteiger partial charge in [-0.1, -0.05) is 30.3 Å². The normalized spacial score (nSPS) is 30.2. The highest BCUT2D eigenvalue weighted by molar-refractivity contribution is 5.70. The number of rotatable bonds is 2. The lowest BCUT2D eigenvalue weighted by Crippen LogP contribution is -2.56. The number of aliphatic hydroxyl groups excluding tert-OH is 1. The van der Waals surface area contributed by atoms with Crippen LogP contribution in [0.1, 0.15) is 17.9 Å². The second-order valence-electron chi connectivity index (χ2n) is 6.88. The van der Waals surface area contributed by atoms with Crippen LogP contribution in [0.4, 0.5) is 5.95 Å². The predicted molar refractivity (Wildman–Crippen MR) is 97.4 cm³/mol. The zero-order valence-corrected chi connectivity index (χ0v) is 14.8. The van der Waals surface area contributed by atoms with Crippen molar-refractivity contribution in [3.63, 3.8) is 0 Å². The second kappa shape index (κ2) is 6.67. The number of nitrogens with zero attached hydrogens (tertiary/aromatic N) is 3. The molecule has 10 heteroatoms. The Labute approximate surface area is 158 Å². The van der Waals surface area contributed by atoms with Crippen molar-refractivity contribution in [3.8, 4) is 0 Å². The van der Waals surface area contributed by atoms with E-state index in [2.05, 4.69) is 15.0 Å². The number of ether oxygens (including phenoxy) is 3. The van der Waals surface area contributed by atoms with Crippen molar-refractivity contribution in [2.75, 3.05) is 18.9 Å². The highest BCUT2D eigenvalue weighted by Gasteiger charge is 2.46. The molecule has 0 radical (unpaired) electrons. The van der Waals surface area contributed by atoms with Crippen molar-refractivity contribution in [2.45, 2.75) is 30.6 Å². The maximum Gasteiger partial charge on any atom is 0.280 e. The van der Waals surface area contributed by atoms with Gasteiger partial charge in [0.25, 0.3) is 5.56 Å². The molecule has 0 amide bonds. The summed E-state index contributed by atoms with van der Waals surface area (Å²) in [7, 11) is 0. The maximum absolute atomic E-state index is 12.0. The van der Waals surface area contributed by atoms with Gasteiger partial charge in [-0.15, -0.1) is 0 Å². The molecule has 4 unspecified atom stereocenters. The number of aromatic nitrogens is 4. The molecule has 2 fully saturated rings. The van der Waals surface area contributed by atoms with E-state index in [1.165, 1.54) is 6.33 Å². The first kappa shape index (κ1) is 17.3. The average molecular weight is 385 g/mol. The van der Waals surface area contributed by atoms with Crippen LogP contribution in [0.3, 0.4) is 0 Å². The molecule has 5 atom stereocenters. The summed E-state index contributed by atoms with van der Waals surface area (Å²) in [6, 6.07) is 8.98. The number of aromatic amines is 1. The fourth-order valence-electron chi connectivity index (χ4n) is 3.75. The lowest BCUT2D eigenvalue weighted by atomic mass is 9.97. The average Bonchev–Trinajstić information content (AvgIpc) is 3.13. The van der Waals surface area contributed by atoms with Crippen LogP contribution in [0, 0.1) is 0 Å². The van der Waals surface area contributed by atoms with E-state index >= 15 is 0 Å². The number of aliphatic hydroxyl groups is 1. The van der Waals surface area contributed by atoms with Gasteiger partial charge >= 0.3 is 0 Å². The second-order valence-corrected chi connectivity index (χ2v) is 6.88. The summed E-state index contributed by atoms with van der Waals surface area (Å²) in [5, 5.41) is 11.0. The summed E-state index contributed by atoms with van der Waals surface area (Å²) in [5.74, 6) is -0.0187. The standard InChI is InChI=1S/C18H19N5O5/c19-18-21-15-12(16(25)22-18)20-8-23(15)10-6-26-11-7-27-17(28-14(11)13(10)24)9-4-2-1-3-5-9/h1-5,8,10-11,13-14,17,24H,6-7H2,(H3,19,21,22,25)/t10?,11?,13?,14-,17?/m0/s1. The van der Waals surface area contributed by atoms with Crippen molar-refractivity contribution in [1.82, 2.24) is 19.5 Å². The van der Waals surface area contributed by atoms with Crippen molar-refractivity contribution in [1.29, 1.82) is 0 Å². The third-order valence-corrected chi connectivity index (χ3v) is 5.15. The zero-order valence-electron chi connectivity index (χ0n) is 14.8. The molecule has 5 rings (SSSR count). The Kier molecular flexibility index (Phi) is 4.13. The highest BCUT2D eigenvalue weighted by Crippen LogP contribution is 2.35. The number of hydrogen-bond donors (Lipinski definition) is 3. The first-order valence-electron chi connectivity index (χ1n) is 8.96. The van der Waals surface area contributed by atoms with E-state index in [9.17, 15) is 9.90 Å². The van der Waals surface area contributed by atoms with Gasteiger partial charge in [-0.25, -0.2) is 4.98 Å². The lowest BCUT2D eigenvalue weighted by molar-refractivity contribution is -0.306. The SMILES string of the molecule is Nc1nc2c(ncn2C2COC3COC(c4ccccc4)O[C@@H]3C2O)c(=O)[nH]1. The van der Waals surface area contributed by atoms with Crippen LogP contribution in [0.2, 0.25) is 0 Å². The Morgan fingerprint density at radius 1 is 1.21 bits per heavy atom. The number of nitrogen functional groups attached to an aromatic ring is 1. The molecule has 3 aromatic rings. The molecule has 10 nitrogen and oxygen atoms in total. The molecule has 2 aliphatic rings. The maximum atomic E-state index is 12.0. The van der Waals surface area contributed by atoms with E-state index in [0.717, 1.165) is 5.56 Å². The third-order valence-electron chi connectivity index (χ3n) is 5.15. The van der Waals surface area contributed by atoms with Gasteiger partial charge in [0.2, 0.25) is 5.95 Å². The summed E-state index contributed by atoms with van der Waals surface area (Å²) < 4.78 is 19.3. The van der Waals surface area contributed by atoms with Crippen LogP contribution in [-0.4, -0.2) is 56.2 Å². The van der Waals surface area contributed by atoms with Gasteiger partial charge in [0.1, 0.15) is 18.3 Å². The van der Waals surface area contributed by atoms with Crippen LogP contribution in [0.15, 0.2) is 41.5 Å². The number of imidazole rings is 1. The summed E-state index contributed by atoms with van der Waals surface area (Å²) in [5.41, 5.74) is 6.54. The number of nitrogens with one attached hydrogen (secondary N) is 1. The summed E-state index contributed by atoms with van der Waals surface area (Å²) in [6.45, 7) is 0.508. The minimum absolute atomic E-state index is 0.0187. The van der Waals surface area contributed by atoms with Gasteiger partial charge in [-0.3, -0.25) is 9.78 Å². The van der Waals surface area contributed by atoms with Gasteiger partial charge in [-0.2, -0.15) is 4.98 Å². The minimum atomic E-state index is -0.909. The van der Waals surface area contributed by atoms with Crippen molar-refractivity contribution < 1.29 is 19.3 Å². The van der Waals surface area contributed by atoms with Crippen LogP contribution in [0.5, 0.6) is 0 Å². The van der Waals surface area contributed by atoms with Gasteiger partial charge < -0.3 is 29.6 Å². The largest absolute Gasteiger partial charge is 0.388 e. The molecular formula is C18H19N5O5. The number of benzene rings is 1. The van der Waals surface area contributed by atoms with E-state index in [0.29, 0.717) is 12.3 Å². The molecule has 0 spiro atoms. The quantitative estimate of drug-likeness (QED) is 0.565. The number of anilines is 1. The molecule has 4 N–H and O–H groups in total. The molecule has 2 aromatic heterocycles. The van der Waals surface area contributed by atoms with Crippen LogP contribution < -0.4 is 11.3 Å². The Morgan fingerprint density at radius 2 is 2.04 bits per heavy atom. The molecule has 0 saturated carbocycles. The van der Waals surface area contributed by atoms with Crippen LogP contribution >= 0.6 is 0 Å². The van der Waals surface area contributed by atoms with Gasteiger partial charge in [0.15, 0.2) is 17.5 Å². The lowest BCUT2D eigenvalue weighted by Gasteiger charge is -2.45. The fraction of sp³-hybridized carbons (Fsp3) is 0.389. The molecule has 0 bridgehead atoms. The molecule has 28 heavy (non-hydrogen) atoms. The fourth-order valence-corrected chi connectivity index (χ4v) is 3.75. The molecule has 4 heterocycles. The monoisotopic (exact) mass is 385 g/mol. The van der Waals surface area contributed by atoms with E-state index in [4.69, 9.17) is 19.9 Å². The van der Waals surface area contributed by atoms with E-state index in [-0.39, 0.29) is 24.2 Å². The van der Waals surface area contributed by atoms with Crippen LogP contribution in [0.25, 0.3) is 11.2 Å². The topological polar surface area (TPSA) is 138 Å². The minimum Gasteiger partial charge on any atom is -0.388 e. The van der Waals surface area contributed by atoms with E-state index in [1.807, 2.05) is 30.3 Å². The molecule has 1 aromatic carbocycles. The van der Waals surface area contributed by atoms with Crippen molar-refractivity contribution >= 4 is 17.1 Å². The third kappa shape index (κ3) is 2.78. The Balaban J connectivity index is 1.45. The smallest absolute Gasteiger partial charge is 0.280 e. The van der Waals surface area contributed by atoms with E-state index in [1.54, 1.807) is 4.57 Å². The Bertz CT molecular complexity index is 1050. The number of fused-ring (bicyclic) bond motifs is 2. The molecule has 2 aliphatic heterocycles. The van der Waals surface area contributed by atoms with Gasteiger partial charge in [-0.05, 0) is 0 Å². The first-order valence-corrected chi connectivity index (χ1v) is 8.96. The molecular weight excluding hydrogens is 366 g/mol. The van der Waals surface area contributed by atoms with E-state index < -0.39 is 30.1 Å². The summed E-state index contributed by atoms with van der Waals surface area (Å²) >= 11 is 0. The summed E-state index contributed by atoms with van der Waals surface area (Å²) in [6.07, 6.45) is -1.03. The Hall–Kier alpha value is -2.79. The number of hydrogen-bond acceptors (Lipinski definition) is 8. The van der Waals surface area contributed by atoms with Gasteiger partial charge in [0.05, 0.1) is 25.6 Å². The van der Waals surface area contributed by atoms with Crippen molar-refractivity contribution in [2.24, 2.45) is 0 Å². The first-order chi connectivity index (χ1) is 13.6. The summed E-state index contributed by atoms with van der Waals surface area (Å²) in [4.78, 5) is 22.7. The number of H-pyrrole nitrogens is 1. The zero-order chi connectivity index (χ0) is 19.3. The van der Waals surface area contributed by atoms with Crippen LogP contribution in [-0.2, 0) is 14.2 Å². The van der Waals surface area contributed by atoms with Gasteiger partial charge in [0, 0.05) is 5.56 Å². The molecule has 146 valence electrons. The number of nitrogens with two attached hydrogens (primary N) is 1. The molecule has 2 saturated heterocycles. The predicted octanol–water partition coefficient (Wildman–Crippen LogP) is 0.117. The molecule has 0 aliphatic carbocycles. The van der Waals surface area contributed by atoms with Crippen molar-refractivity contribution in [3.05, 3.63) is 52.6 Å². The highest BCUT2D eigenvalue weighted by atomic mass is 16.7.